The number of aromatic nitrogens is 1. The van der Waals surface area contributed by atoms with Gasteiger partial charge in [0, 0.05) is 5.92 Å². The van der Waals surface area contributed by atoms with Gasteiger partial charge in [0.25, 0.3) is 0 Å². The number of methoxy groups -OCH3 is 1. The molecule has 1 atom stereocenters. The molecule has 0 saturated carbocycles. The van der Waals surface area contributed by atoms with E-state index >= 15 is 0 Å². The number of hydrogen-bond acceptors (Lipinski definition) is 4. The molecule has 4 rings (SSSR count). The van der Waals surface area contributed by atoms with Gasteiger partial charge >= 0.3 is 6.18 Å². The van der Waals surface area contributed by atoms with E-state index in [1.807, 2.05) is 55.5 Å². The number of hydrogen-bond donors (Lipinski definition) is 0. The van der Waals surface area contributed by atoms with Crippen LogP contribution in [0.1, 0.15) is 34.5 Å². The molecule has 1 unspecified atom stereocenters. The van der Waals surface area contributed by atoms with Crippen molar-refractivity contribution in [3.63, 3.8) is 0 Å². The molecule has 4 aromatic rings. The first-order valence-corrected chi connectivity index (χ1v) is 10.5. The van der Waals surface area contributed by atoms with Gasteiger partial charge in [-0.3, -0.25) is 0 Å². The van der Waals surface area contributed by atoms with Gasteiger partial charge in [-0.2, -0.15) is 13.2 Å². The van der Waals surface area contributed by atoms with Gasteiger partial charge in [-0.05, 0) is 41.5 Å². The van der Waals surface area contributed by atoms with Crippen LogP contribution in [0.5, 0.6) is 11.5 Å². The lowest BCUT2D eigenvalue weighted by molar-refractivity contribution is -0.137. The maximum absolute atomic E-state index is 13.0. The second kappa shape index (κ2) is 8.59. The summed E-state index contributed by atoms with van der Waals surface area (Å²) in [5.41, 5.74) is 1.88. The number of benzene rings is 3. The Balaban J connectivity index is 1.61. The van der Waals surface area contributed by atoms with Gasteiger partial charge in [0.2, 0.25) is 0 Å². The zero-order chi connectivity index (χ0) is 22.0. The lowest BCUT2D eigenvalue weighted by atomic mass is 10.0. The molecule has 3 nitrogen and oxygen atoms in total. The lowest BCUT2D eigenvalue weighted by Crippen LogP contribution is -2.03. The highest BCUT2D eigenvalue weighted by atomic mass is 32.1. The van der Waals surface area contributed by atoms with Crippen molar-refractivity contribution >= 4 is 21.6 Å². The summed E-state index contributed by atoms with van der Waals surface area (Å²) in [4.78, 5) is 4.56. The first kappa shape index (κ1) is 21.2. The van der Waals surface area contributed by atoms with E-state index in [-0.39, 0.29) is 5.92 Å². The van der Waals surface area contributed by atoms with Crippen LogP contribution in [0, 0.1) is 0 Å². The fourth-order valence-corrected chi connectivity index (χ4v) is 4.34. The van der Waals surface area contributed by atoms with Crippen LogP contribution in [0.4, 0.5) is 13.2 Å². The minimum Gasteiger partial charge on any atom is -0.493 e. The van der Waals surface area contributed by atoms with Crippen molar-refractivity contribution in [3.05, 3.63) is 88.4 Å². The zero-order valence-corrected chi connectivity index (χ0v) is 17.8. The summed E-state index contributed by atoms with van der Waals surface area (Å²) in [6.07, 6.45) is -4.37. The molecule has 0 spiro atoms. The predicted molar refractivity (Wildman–Crippen MR) is 116 cm³/mol. The van der Waals surface area contributed by atoms with Crippen molar-refractivity contribution < 1.29 is 22.6 Å². The lowest BCUT2D eigenvalue weighted by Gasteiger charge is -2.15. The largest absolute Gasteiger partial charge is 0.493 e. The smallest absolute Gasteiger partial charge is 0.416 e. The maximum atomic E-state index is 13.0. The Hall–Kier alpha value is -3.06. The fraction of sp³-hybridized carbons (Fsp3) is 0.208. The Morgan fingerprint density at radius 3 is 2.45 bits per heavy atom. The summed E-state index contributed by atoms with van der Waals surface area (Å²) in [6, 6.07) is 19.1. The fourth-order valence-electron chi connectivity index (χ4n) is 3.26. The SMILES string of the molecule is COc1ccc(C(C)c2nc3ccc(C(F)(F)F)cc3s2)cc1OCc1ccccc1. The molecule has 0 aliphatic rings. The third-order valence-corrected chi connectivity index (χ3v) is 6.23. The summed E-state index contributed by atoms with van der Waals surface area (Å²) < 4.78 is 51.0. The second-order valence-corrected chi connectivity index (χ2v) is 8.20. The molecule has 3 aromatic carbocycles. The van der Waals surface area contributed by atoms with Gasteiger partial charge in [-0.1, -0.05) is 43.3 Å². The minimum atomic E-state index is -4.37. The Morgan fingerprint density at radius 1 is 0.968 bits per heavy atom. The van der Waals surface area contributed by atoms with E-state index in [4.69, 9.17) is 9.47 Å². The number of rotatable bonds is 6. The summed E-state index contributed by atoms with van der Waals surface area (Å²) in [6.45, 7) is 2.38. The number of halogens is 3. The van der Waals surface area contributed by atoms with Gasteiger partial charge < -0.3 is 9.47 Å². The Labute approximate surface area is 182 Å². The quantitative estimate of drug-likeness (QED) is 0.320. The summed E-state index contributed by atoms with van der Waals surface area (Å²) >= 11 is 1.27. The molecule has 0 radical (unpaired) electrons. The van der Waals surface area contributed by atoms with E-state index < -0.39 is 11.7 Å². The Kier molecular flexibility index (Phi) is 5.87. The van der Waals surface area contributed by atoms with Gasteiger partial charge in [-0.15, -0.1) is 11.3 Å². The molecular weight excluding hydrogens is 423 g/mol. The average molecular weight is 443 g/mol. The second-order valence-electron chi connectivity index (χ2n) is 7.14. The van der Waals surface area contributed by atoms with Crippen LogP contribution in [-0.4, -0.2) is 12.1 Å². The van der Waals surface area contributed by atoms with E-state index in [0.717, 1.165) is 28.3 Å². The highest BCUT2D eigenvalue weighted by Crippen LogP contribution is 2.38. The minimum absolute atomic E-state index is 0.114. The van der Waals surface area contributed by atoms with Crippen LogP contribution >= 0.6 is 11.3 Å². The number of fused-ring (bicyclic) bond motifs is 1. The van der Waals surface area contributed by atoms with Crippen molar-refractivity contribution in [2.75, 3.05) is 7.11 Å². The topological polar surface area (TPSA) is 31.4 Å². The van der Waals surface area contributed by atoms with E-state index in [2.05, 4.69) is 4.98 Å². The van der Waals surface area contributed by atoms with Gasteiger partial charge in [-0.25, -0.2) is 4.98 Å². The summed E-state index contributed by atoms with van der Waals surface area (Å²) in [5, 5.41) is 0.744. The number of thiazole rings is 1. The summed E-state index contributed by atoms with van der Waals surface area (Å²) in [5.74, 6) is 1.11. The molecule has 1 heterocycles. The average Bonchev–Trinajstić information content (AvgIpc) is 3.20. The molecule has 0 bridgehead atoms. The first-order chi connectivity index (χ1) is 14.8. The van der Waals surface area contributed by atoms with Crippen molar-refractivity contribution in [2.24, 2.45) is 0 Å². The van der Waals surface area contributed by atoms with E-state index in [1.165, 1.54) is 17.4 Å². The molecule has 7 heteroatoms. The van der Waals surface area contributed by atoms with Gasteiger partial charge in [0.15, 0.2) is 11.5 Å². The monoisotopic (exact) mass is 443 g/mol. The van der Waals surface area contributed by atoms with Crippen LogP contribution in [-0.2, 0) is 12.8 Å². The number of nitrogens with zero attached hydrogens (tertiary/aromatic N) is 1. The number of alkyl halides is 3. The molecule has 31 heavy (non-hydrogen) atoms. The van der Waals surface area contributed by atoms with Gasteiger partial charge in [0.1, 0.15) is 11.6 Å². The van der Waals surface area contributed by atoms with E-state index in [1.54, 1.807) is 7.11 Å². The van der Waals surface area contributed by atoms with Crippen LogP contribution in [0.3, 0.4) is 0 Å². The van der Waals surface area contributed by atoms with Crippen molar-refractivity contribution in [2.45, 2.75) is 25.6 Å². The maximum Gasteiger partial charge on any atom is 0.416 e. The van der Waals surface area contributed by atoms with E-state index in [9.17, 15) is 13.2 Å². The van der Waals surface area contributed by atoms with Crippen molar-refractivity contribution in [3.8, 4) is 11.5 Å². The predicted octanol–water partition coefficient (Wildman–Crippen LogP) is 7.05. The third-order valence-electron chi connectivity index (χ3n) is 5.03. The van der Waals surface area contributed by atoms with Crippen LogP contribution in [0.2, 0.25) is 0 Å². The number of ether oxygens (including phenoxy) is 2. The van der Waals surface area contributed by atoms with Crippen molar-refractivity contribution in [1.82, 2.24) is 4.98 Å². The standard InChI is InChI=1S/C24H20F3NO2S/c1-15(23-28-19-10-9-18(24(25,26)27)13-22(19)31-23)17-8-11-20(29-2)21(12-17)30-14-16-6-4-3-5-7-16/h3-13,15H,14H2,1-2H3. The van der Waals surface area contributed by atoms with Gasteiger partial charge in [0.05, 0.1) is 22.9 Å². The molecule has 160 valence electrons. The molecule has 0 N–H and O–H groups in total. The van der Waals surface area contributed by atoms with Crippen molar-refractivity contribution in [1.29, 1.82) is 0 Å². The molecular formula is C24H20F3NO2S. The normalized spacial score (nSPS) is 12.7. The van der Waals surface area contributed by atoms with Crippen LogP contribution in [0.25, 0.3) is 10.2 Å². The van der Waals surface area contributed by atoms with Crippen LogP contribution in [0.15, 0.2) is 66.7 Å². The third kappa shape index (κ3) is 4.66. The molecule has 0 aliphatic carbocycles. The molecule has 0 saturated heterocycles. The van der Waals surface area contributed by atoms with E-state index in [0.29, 0.717) is 28.3 Å². The molecule has 0 aliphatic heterocycles. The molecule has 0 fully saturated rings. The van der Waals surface area contributed by atoms with Crippen LogP contribution < -0.4 is 9.47 Å². The molecule has 0 amide bonds. The Bertz CT molecular complexity index is 1190. The Morgan fingerprint density at radius 2 is 1.74 bits per heavy atom. The zero-order valence-electron chi connectivity index (χ0n) is 16.9. The highest BCUT2D eigenvalue weighted by Gasteiger charge is 2.31. The first-order valence-electron chi connectivity index (χ1n) is 9.67. The summed E-state index contributed by atoms with van der Waals surface area (Å²) in [7, 11) is 1.58. The molecule has 1 aromatic heterocycles. The highest BCUT2D eigenvalue weighted by molar-refractivity contribution is 7.18.